The molecule has 0 bridgehead atoms. The van der Waals surface area contributed by atoms with E-state index in [2.05, 4.69) is 0 Å². The van der Waals surface area contributed by atoms with Crippen molar-refractivity contribution < 1.29 is 19.1 Å². The van der Waals surface area contributed by atoms with Crippen molar-refractivity contribution in [2.75, 3.05) is 19.3 Å². The first-order valence-electron chi connectivity index (χ1n) is 6.31. The standard InChI is InChI=1S/C15H15NO4S2/c1-19-10-5-3-9(12(7-10)20-2)4-6-11(17)13(14(16)18)15-21-8-22-15/h3-7H,8H2,1-2H3,(H2,16,18)/b6-4+. The van der Waals surface area contributed by atoms with Crippen LogP contribution in [0.1, 0.15) is 5.56 Å². The van der Waals surface area contributed by atoms with Gasteiger partial charge in [0.25, 0.3) is 5.91 Å². The third-order valence-corrected chi connectivity index (χ3v) is 5.51. The van der Waals surface area contributed by atoms with E-state index in [0.29, 0.717) is 21.3 Å². The second-order valence-corrected chi connectivity index (χ2v) is 6.83. The maximum Gasteiger partial charge on any atom is 0.254 e. The second-order valence-electron chi connectivity index (χ2n) is 4.24. The van der Waals surface area contributed by atoms with E-state index in [4.69, 9.17) is 15.2 Å². The summed E-state index contributed by atoms with van der Waals surface area (Å²) in [5.41, 5.74) is 6.05. The minimum Gasteiger partial charge on any atom is -0.497 e. The Hall–Kier alpha value is -1.86. The van der Waals surface area contributed by atoms with Gasteiger partial charge in [-0.2, -0.15) is 0 Å². The zero-order valence-corrected chi connectivity index (χ0v) is 13.8. The van der Waals surface area contributed by atoms with Crippen LogP contribution in [0.4, 0.5) is 0 Å². The average molecular weight is 337 g/mol. The number of primary amides is 1. The maximum absolute atomic E-state index is 12.2. The number of allylic oxidation sites excluding steroid dienone is 1. The van der Waals surface area contributed by atoms with Crippen LogP contribution in [-0.2, 0) is 9.59 Å². The Labute approximate surface area is 136 Å². The highest BCUT2D eigenvalue weighted by Crippen LogP contribution is 2.45. The molecular weight excluding hydrogens is 322 g/mol. The molecule has 0 aliphatic carbocycles. The Morgan fingerprint density at radius 1 is 1.23 bits per heavy atom. The predicted octanol–water partition coefficient (Wildman–Crippen LogP) is 2.42. The third kappa shape index (κ3) is 3.66. The number of methoxy groups -OCH3 is 2. The van der Waals surface area contributed by atoms with Gasteiger partial charge in [0.05, 0.1) is 18.5 Å². The predicted molar refractivity (Wildman–Crippen MR) is 89.9 cm³/mol. The summed E-state index contributed by atoms with van der Waals surface area (Å²) in [5, 5.41) is 0.829. The van der Waals surface area contributed by atoms with E-state index in [1.807, 2.05) is 0 Å². The molecule has 0 radical (unpaired) electrons. The number of hydrogen-bond acceptors (Lipinski definition) is 6. The van der Waals surface area contributed by atoms with Crippen LogP contribution in [0.3, 0.4) is 0 Å². The summed E-state index contributed by atoms with van der Waals surface area (Å²) in [4.78, 5) is 23.6. The summed E-state index contributed by atoms with van der Waals surface area (Å²) >= 11 is 2.90. The van der Waals surface area contributed by atoms with Crippen LogP contribution in [0, 0.1) is 0 Å². The molecule has 0 aromatic heterocycles. The van der Waals surface area contributed by atoms with E-state index >= 15 is 0 Å². The van der Waals surface area contributed by atoms with Gasteiger partial charge in [0.1, 0.15) is 17.1 Å². The molecule has 1 fully saturated rings. The lowest BCUT2D eigenvalue weighted by molar-refractivity contribution is -0.118. The van der Waals surface area contributed by atoms with Crippen molar-refractivity contribution >= 4 is 41.3 Å². The van der Waals surface area contributed by atoms with Crippen molar-refractivity contribution in [2.24, 2.45) is 5.73 Å². The fraction of sp³-hybridized carbons (Fsp3) is 0.200. The number of rotatable bonds is 6. The Balaban J connectivity index is 2.24. The first-order chi connectivity index (χ1) is 10.6. The van der Waals surface area contributed by atoms with Crippen LogP contribution in [0.25, 0.3) is 6.08 Å². The molecule has 22 heavy (non-hydrogen) atoms. The van der Waals surface area contributed by atoms with Crippen molar-refractivity contribution in [1.29, 1.82) is 0 Å². The van der Waals surface area contributed by atoms with Crippen LogP contribution >= 0.6 is 23.5 Å². The smallest absolute Gasteiger partial charge is 0.254 e. The molecule has 7 heteroatoms. The molecule has 1 aromatic rings. The highest BCUT2D eigenvalue weighted by molar-refractivity contribution is 8.37. The molecule has 116 valence electrons. The largest absolute Gasteiger partial charge is 0.497 e. The molecule has 1 heterocycles. The zero-order valence-electron chi connectivity index (χ0n) is 12.1. The quantitative estimate of drug-likeness (QED) is 0.488. The van der Waals surface area contributed by atoms with Crippen LogP contribution < -0.4 is 15.2 Å². The molecule has 0 saturated carbocycles. The first kappa shape index (κ1) is 16.5. The lowest BCUT2D eigenvalue weighted by Gasteiger charge is -2.17. The van der Waals surface area contributed by atoms with Gasteiger partial charge in [-0.1, -0.05) is 0 Å². The summed E-state index contributed by atoms with van der Waals surface area (Å²) in [6.07, 6.45) is 2.93. The highest BCUT2D eigenvalue weighted by Gasteiger charge is 2.24. The van der Waals surface area contributed by atoms with Crippen molar-refractivity contribution in [1.82, 2.24) is 0 Å². The van der Waals surface area contributed by atoms with E-state index < -0.39 is 11.7 Å². The molecule has 0 spiro atoms. The average Bonchev–Trinajstić information content (AvgIpc) is 2.47. The minimum atomic E-state index is -0.703. The summed E-state index contributed by atoms with van der Waals surface area (Å²) in [6, 6.07) is 5.25. The second kappa shape index (κ2) is 7.42. The molecule has 1 aromatic carbocycles. The molecule has 1 aliphatic rings. The van der Waals surface area contributed by atoms with E-state index in [9.17, 15) is 9.59 Å². The third-order valence-electron chi connectivity index (χ3n) is 2.93. The summed E-state index contributed by atoms with van der Waals surface area (Å²) in [7, 11) is 3.10. The monoisotopic (exact) mass is 337 g/mol. The number of carbonyl (C=O) groups excluding carboxylic acids is 2. The minimum absolute atomic E-state index is 0.0463. The summed E-state index contributed by atoms with van der Waals surface area (Å²) in [6.45, 7) is 0. The maximum atomic E-state index is 12.2. The van der Waals surface area contributed by atoms with Crippen LogP contribution in [0.2, 0.25) is 0 Å². The molecule has 1 aliphatic heterocycles. The molecule has 0 unspecified atom stereocenters. The fourth-order valence-electron chi connectivity index (χ4n) is 1.79. The van der Waals surface area contributed by atoms with Gasteiger partial charge in [0, 0.05) is 16.7 Å². The van der Waals surface area contributed by atoms with E-state index in [-0.39, 0.29) is 5.57 Å². The lowest BCUT2D eigenvalue weighted by Crippen LogP contribution is -2.21. The van der Waals surface area contributed by atoms with E-state index in [0.717, 1.165) is 5.08 Å². The summed E-state index contributed by atoms with van der Waals surface area (Å²) < 4.78 is 11.1. The molecule has 1 saturated heterocycles. The van der Waals surface area contributed by atoms with Gasteiger partial charge in [-0.25, -0.2) is 0 Å². The molecule has 1 amide bonds. The van der Waals surface area contributed by atoms with Crippen molar-refractivity contribution in [2.45, 2.75) is 0 Å². The number of nitrogens with two attached hydrogens (primary N) is 1. The van der Waals surface area contributed by atoms with Gasteiger partial charge < -0.3 is 15.2 Å². The van der Waals surface area contributed by atoms with Gasteiger partial charge in [-0.05, 0) is 24.3 Å². The number of carbonyl (C=O) groups is 2. The van der Waals surface area contributed by atoms with E-state index in [1.165, 1.54) is 36.7 Å². The first-order valence-corrected chi connectivity index (χ1v) is 8.28. The Morgan fingerprint density at radius 3 is 2.45 bits per heavy atom. The number of thioether (sulfide) groups is 2. The van der Waals surface area contributed by atoms with E-state index in [1.54, 1.807) is 31.4 Å². The van der Waals surface area contributed by atoms with Crippen molar-refractivity contribution in [3.05, 3.63) is 39.6 Å². The number of amides is 1. The van der Waals surface area contributed by atoms with Gasteiger partial charge in [0.15, 0.2) is 5.78 Å². The molecular formula is C15H15NO4S2. The molecule has 0 atom stereocenters. The topological polar surface area (TPSA) is 78.6 Å². The van der Waals surface area contributed by atoms with Crippen molar-refractivity contribution in [3.8, 4) is 11.5 Å². The van der Waals surface area contributed by atoms with Gasteiger partial charge >= 0.3 is 0 Å². The molecule has 2 rings (SSSR count). The molecule has 5 nitrogen and oxygen atoms in total. The van der Waals surface area contributed by atoms with Crippen LogP contribution in [0.15, 0.2) is 34.1 Å². The summed E-state index contributed by atoms with van der Waals surface area (Å²) in [5.74, 6) is 0.123. The Bertz CT molecular complexity index is 662. The Morgan fingerprint density at radius 2 is 1.95 bits per heavy atom. The number of ketones is 1. The van der Waals surface area contributed by atoms with Crippen LogP contribution in [0.5, 0.6) is 11.5 Å². The van der Waals surface area contributed by atoms with Gasteiger partial charge in [-0.15, -0.1) is 23.5 Å². The Kier molecular flexibility index (Phi) is 5.57. The number of benzene rings is 1. The highest BCUT2D eigenvalue weighted by atomic mass is 32.3. The van der Waals surface area contributed by atoms with Crippen molar-refractivity contribution in [3.63, 3.8) is 0 Å². The SMILES string of the molecule is COc1ccc(/C=C/C(=O)C(C(N)=O)=C2SCS2)c(OC)c1. The number of hydrogen-bond donors (Lipinski definition) is 1. The zero-order chi connectivity index (χ0) is 16.1. The number of ether oxygens (including phenoxy) is 2. The fourth-order valence-corrected chi connectivity index (χ4v) is 3.42. The molecule has 2 N–H and O–H groups in total. The van der Waals surface area contributed by atoms with Gasteiger partial charge in [-0.3, -0.25) is 9.59 Å². The lowest BCUT2D eigenvalue weighted by atomic mass is 10.1. The van der Waals surface area contributed by atoms with Gasteiger partial charge in [0.2, 0.25) is 0 Å². The normalized spacial score (nSPS) is 13.6. The van der Waals surface area contributed by atoms with Crippen LogP contribution in [-0.4, -0.2) is 31.0 Å².